The fourth-order valence-corrected chi connectivity index (χ4v) is 4.60. The van der Waals surface area contributed by atoms with E-state index in [0.717, 1.165) is 18.7 Å². The van der Waals surface area contributed by atoms with Crippen LogP contribution in [0.1, 0.15) is 38.9 Å². The molecule has 34 heavy (non-hydrogen) atoms. The molecule has 4 aromatic rings. The normalized spacial score (nSPS) is 19.3. The van der Waals surface area contributed by atoms with E-state index in [9.17, 15) is 9.50 Å². The summed E-state index contributed by atoms with van der Waals surface area (Å²) < 4.78 is 22.8. The summed E-state index contributed by atoms with van der Waals surface area (Å²) in [6.07, 6.45) is 4.73. The number of ether oxygens (including phenoxy) is 1. The van der Waals surface area contributed by atoms with Gasteiger partial charge in [-0.25, -0.2) is 14.4 Å². The lowest BCUT2D eigenvalue weighted by molar-refractivity contribution is 0.0577. The van der Waals surface area contributed by atoms with Crippen LogP contribution in [-0.2, 0) is 6.54 Å². The van der Waals surface area contributed by atoms with Gasteiger partial charge in [-0.3, -0.25) is 4.68 Å². The fourth-order valence-electron chi connectivity index (χ4n) is 4.60. The molecule has 1 aliphatic heterocycles. The topological polar surface area (TPSA) is 120 Å². The minimum absolute atomic E-state index is 0.0452. The average Bonchev–Trinajstić information content (AvgIpc) is 3.41. The van der Waals surface area contributed by atoms with Crippen LogP contribution in [0.15, 0.2) is 24.5 Å². The van der Waals surface area contributed by atoms with Crippen molar-refractivity contribution in [3.05, 3.63) is 36.2 Å². The SMILES string of the molecule is COc1cc2nc(N)n3nc(C4CN(c5cnn(CC(C)(C)O)c5)CCC4C)nc3c2cc1F. The van der Waals surface area contributed by atoms with Crippen molar-refractivity contribution in [3.63, 3.8) is 0 Å². The second-order valence-corrected chi connectivity index (χ2v) is 9.71. The Morgan fingerprint density at radius 2 is 2.09 bits per heavy atom. The number of hydrogen-bond donors (Lipinski definition) is 2. The molecule has 180 valence electrons. The number of benzene rings is 1. The maximum absolute atomic E-state index is 14.4. The highest BCUT2D eigenvalue weighted by Crippen LogP contribution is 2.34. The van der Waals surface area contributed by atoms with Gasteiger partial charge in [0.05, 0.1) is 36.7 Å². The van der Waals surface area contributed by atoms with Crippen molar-refractivity contribution in [3.8, 4) is 5.75 Å². The van der Waals surface area contributed by atoms with Gasteiger partial charge in [0.15, 0.2) is 23.0 Å². The van der Waals surface area contributed by atoms with E-state index in [0.29, 0.717) is 41.4 Å². The number of nitrogens with two attached hydrogens (primary N) is 1. The number of aliphatic hydroxyl groups is 1. The molecular formula is C23H29FN8O2. The van der Waals surface area contributed by atoms with Crippen molar-refractivity contribution in [2.75, 3.05) is 30.8 Å². The van der Waals surface area contributed by atoms with Gasteiger partial charge in [0.1, 0.15) is 0 Å². The average molecular weight is 469 g/mol. The third-order valence-electron chi connectivity index (χ3n) is 6.41. The van der Waals surface area contributed by atoms with Crippen molar-refractivity contribution in [2.45, 2.75) is 45.3 Å². The Morgan fingerprint density at radius 1 is 1.29 bits per heavy atom. The van der Waals surface area contributed by atoms with E-state index in [1.54, 1.807) is 18.5 Å². The standard InChI is InChI=1S/C23H29FN8O2/c1-13-5-6-30(14-9-26-31(10-14)12-23(2,3)33)11-16(13)20-28-21-15-7-17(24)19(34-4)8-18(15)27-22(25)32(21)29-20/h7-10,13,16,33H,5-6,11-12H2,1-4H3,(H2,25,27). The van der Waals surface area contributed by atoms with E-state index in [-0.39, 0.29) is 17.6 Å². The van der Waals surface area contributed by atoms with Crippen LogP contribution in [0.3, 0.4) is 0 Å². The first-order valence-electron chi connectivity index (χ1n) is 11.3. The second-order valence-electron chi connectivity index (χ2n) is 9.71. The smallest absolute Gasteiger partial charge is 0.223 e. The van der Waals surface area contributed by atoms with Gasteiger partial charge in [0.25, 0.3) is 0 Å². The van der Waals surface area contributed by atoms with Crippen LogP contribution in [0.25, 0.3) is 16.6 Å². The number of rotatable bonds is 5. The quantitative estimate of drug-likeness (QED) is 0.459. The maximum Gasteiger partial charge on any atom is 0.223 e. The summed E-state index contributed by atoms with van der Waals surface area (Å²) in [5.41, 5.74) is 7.29. The van der Waals surface area contributed by atoms with Crippen LogP contribution in [0, 0.1) is 11.7 Å². The molecule has 0 saturated carbocycles. The minimum atomic E-state index is -0.844. The summed E-state index contributed by atoms with van der Waals surface area (Å²) in [4.78, 5) is 11.4. The zero-order valence-electron chi connectivity index (χ0n) is 19.7. The van der Waals surface area contributed by atoms with Crippen molar-refractivity contribution in [1.82, 2.24) is 29.4 Å². The van der Waals surface area contributed by atoms with Crippen LogP contribution in [0.5, 0.6) is 5.75 Å². The van der Waals surface area contributed by atoms with Gasteiger partial charge in [-0.15, -0.1) is 5.10 Å². The number of methoxy groups -OCH3 is 1. The van der Waals surface area contributed by atoms with Crippen molar-refractivity contribution in [1.29, 1.82) is 0 Å². The van der Waals surface area contributed by atoms with Crippen LogP contribution >= 0.6 is 0 Å². The second kappa shape index (κ2) is 8.08. The molecule has 0 spiro atoms. The maximum atomic E-state index is 14.4. The predicted octanol–water partition coefficient (Wildman–Crippen LogP) is 2.60. The molecule has 0 amide bonds. The summed E-state index contributed by atoms with van der Waals surface area (Å²) in [6, 6.07) is 2.88. The van der Waals surface area contributed by atoms with Crippen LogP contribution in [0.2, 0.25) is 0 Å². The monoisotopic (exact) mass is 468 g/mol. The number of hydrogen-bond acceptors (Lipinski definition) is 8. The third kappa shape index (κ3) is 4.00. The van der Waals surface area contributed by atoms with Crippen LogP contribution < -0.4 is 15.4 Å². The molecule has 10 nitrogen and oxygen atoms in total. The largest absolute Gasteiger partial charge is 0.494 e. The molecule has 4 heterocycles. The lowest BCUT2D eigenvalue weighted by Crippen LogP contribution is -2.38. The Morgan fingerprint density at radius 3 is 2.82 bits per heavy atom. The highest BCUT2D eigenvalue weighted by Gasteiger charge is 2.32. The first-order chi connectivity index (χ1) is 16.1. The number of fused-ring (bicyclic) bond motifs is 3. The van der Waals surface area contributed by atoms with Crippen LogP contribution in [0.4, 0.5) is 16.0 Å². The van der Waals surface area contributed by atoms with Gasteiger partial charge in [-0.05, 0) is 32.3 Å². The number of nitrogens with zero attached hydrogens (tertiary/aromatic N) is 7. The number of piperidine rings is 1. The third-order valence-corrected chi connectivity index (χ3v) is 6.41. The van der Waals surface area contributed by atoms with Crippen LogP contribution in [-0.4, -0.2) is 60.3 Å². The van der Waals surface area contributed by atoms with E-state index < -0.39 is 11.4 Å². The first kappa shape index (κ1) is 22.3. The molecule has 1 aromatic carbocycles. The lowest BCUT2D eigenvalue weighted by atomic mass is 9.86. The molecule has 1 aliphatic rings. The number of aromatic nitrogens is 6. The molecule has 0 radical (unpaired) electrons. The number of anilines is 2. The van der Waals surface area contributed by atoms with E-state index in [1.807, 2.05) is 12.4 Å². The predicted molar refractivity (Wildman–Crippen MR) is 126 cm³/mol. The molecular weight excluding hydrogens is 439 g/mol. The van der Waals surface area contributed by atoms with Crippen molar-refractivity contribution in [2.24, 2.45) is 5.92 Å². The van der Waals surface area contributed by atoms with Gasteiger partial charge in [-0.2, -0.15) is 9.61 Å². The van der Waals surface area contributed by atoms with E-state index in [2.05, 4.69) is 27.0 Å². The van der Waals surface area contributed by atoms with Crippen molar-refractivity contribution < 1.29 is 14.2 Å². The number of nitrogen functional groups attached to an aromatic ring is 1. The lowest BCUT2D eigenvalue weighted by Gasteiger charge is -2.36. The molecule has 1 saturated heterocycles. The highest BCUT2D eigenvalue weighted by molar-refractivity contribution is 5.93. The number of halogens is 1. The summed E-state index contributed by atoms with van der Waals surface area (Å²) in [5.74, 6) is 0.834. The molecule has 5 rings (SSSR count). The Balaban J connectivity index is 1.49. The summed E-state index contributed by atoms with van der Waals surface area (Å²) in [7, 11) is 1.41. The first-order valence-corrected chi connectivity index (χ1v) is 11.3. The van der Waals surface area contributed by atoms with E-state index in [1.165, 1.54) is 23.8 Å². The molecule has 0 bridgehead atoms. The van der Waals surface area contributed by atoms with Gasteiger partial charge in [-0.1, -0.05) is 6.92 Å². The molecule has 2 atom stereocenters. The minimum Gasteiger partial charge on any atom is -0.494 e. The molecule has 3 aromatic heterocycles. The highest BCUT2D eigenvalue weighted by atomic mass is 19.1. The molecule has 3 N–H and O–H groups in total. The zero-order valence-corrected chi connectivity index (χ0v) is 19.7. The summed E-state index contributed by atoms with van der Waals surface area (Å²) >= 11 is 0. The van der Waals surface area contributed by atoms with E-state index >= 15 is 0 Å². The summed E-state index contributed by atoms with van der Waals surface area (Å²) in [6.45, 7) is 7.71. The fraction of sp³-hybridized carbons (Fsp3) is 0.478. The Kier molecular flexibility index (Phi) is 5.31. The Labute approximate surface area is 196 Å². The molecule has 0 aliphatic carbocycles. The van der Waals surface area contributed by atoms with Gasteiger partial charge in [0.2, 0.25) is 5.95 Å². The van der Waals surface area contributed by atoms with Gasteiger partial charge >= 0.3 is 0 Å². The Bertz CT molecular complexity index is 1360. The Hall–Kier alpha value is -3.47. The zero-order chi connectivity index (χ0) is 24.2. The van der Waals surface area contributed by atoms with Gasteiger partial charge in [0, 0.05) is 36.7 Å². The van der Waals surface area contributed by atoms with Gasteiger partial charge < -0.3 is 20.5 Å². The van der Waals surface area contributed by atoms with Crippen molar-refractivity contribution >= 4 is 28.2 Å². The molecule has 11 heteroatoms. The van der Waals surface area contributed by atoms with E-state index in [4.69, 9.17) is 15.5 Å². The molecule has 2 unspecified atom stereocenters. The summed E-state index contributed by atoms with van der Waals surface area (Å²) in [5, 5.41) is 19.7. The molecule has 1 fully saturated rings.